The molecule has 0 aliphatic carbocycles. The molecule has 3 nitrogen and oxygen atoms in total. The third-order valence-corrected chi connectivity index (χ3v) is 5.41. The van der Waals surface area contributed by atoms with Crippen LogP contribution in [-0.2, 0) is 11.5 Å². The molecule has 0 unspecified atom stereocenters. The van der Waals surface area contributed by atoms with Crippen LogP contribution in [0.4, 0.5) is 10.7 Å². The van der Waals surface area contributed by atoms with Crippen LogP contribution in [0.5, 0.6) is 0 Å². The number of hydrogen-bond donors (Lipinski definition) is 2. The molecule has 0 radical (unpaired) electrons. The predicted octanol–water partition coefficient (Wildman–Crippen LogP) is 3.98. The van der Waals surface area contributed by atoms with Gasteiger partial charge in [0.15, 0.2) is 0 Å². The lowest BCUT2D eigenvalue weighted by Gasteiger charge is -2.06. The second-order valence-corrected chi connectivity index (χ2v) is 6.76. The predicted molar refractivity (Wildman–Crippen MR) is 83.1 cm³/mol. The lowest BCUT2D eigenvalue weighted by molar-refractivity contribution is 0.102. The van der Waals surface area contributed by atoms with Crippen molar-refractivity contribution in [1.82, 2.24) is 0 Å². The molecule has 1 aliphatic heterocycles. The molecule has 0 atom stereocenters. The van der Waals surface area contributed by atoms with Crippen molar-refractivity contribution in [1.29, 1.82) is 0 Å². The van der Waals surface area contributed by atoms with Crippen LogP contribution >= 0.6 is 34.7 Å². The Hall–Kier alpha value is -1.17. The van der Waals surface area contributed by atoms with Gasteiger partial charge in [-0.05, 0) is 29.8 Å². The Morgan fingerprint density at radius 2 is 2.00 bits per heavy atom. The molecule has 6 heteroatoms. The van der Waals surface area contributed by atoms with Gasteiger partial charge in [-0.25, -0.2) is 0 Å². The van der Waals surface area contributed by atoms with E-state index in [1.807, 2.05) is 11.8 Å². The van der Waals surface area contributed by atoms with E-state index in [-0.39, 0.29) is 5.91 Å². The maximum Gasteiger partial charge on any atom is 0.258 e. The van der Waals surface area contributed by atoms with E-state index in [1.165, 1.54) is 16.2 Å². The number of carbonyl (C=O) groups excluding carboxylic acids is 1. The molecule has 0 saturated carbocycles. The normalized spacial score (nSPS) is 13.3. The number of carbonyl (C=O) groups is 1. The van der Waals surface area contributed by atoms with Gasteiger partial charge in [0.05, 0.1) is 10.6 Å². The second-order valence-electron chi connectivity index (χ2n) is 4.20. The summed E-state index contributed by atoms with van der Waals surface area (Å²) < 4.78 is 0. The number of nitrogen functional groups attached to an aromatic ring is 1. The number of thioether (sulfide) groups is 1. The van der Waals surface area contributed by atoms with Gasteiger partial charge in [0, 0.05) is 27.1 Å². The summed E-state index contributed by atoms with van der Waals surface area (Å²) >= 11 is 9.15. The largest absolute Gasteiger partial charge is 0.390 e. The number of rotatable bonds is 2. The van der Waals surface area contributed by atoms with Gasteiger partial charge in [0.2, 0.25) is 0 Å². The zero-order chi connectivity index (χ0) is 13.4. The number of halogens is 1. The zero-order valence-electron chi connectivity index (χ0n) is 9.90. The van der Waals surface area contributed by atoms with Crippen molar-refractivity contribution in [2.24, 2.45) is 0 Å². The summed E-state index contributed by atoms with van der Waals surface area (Å²) in [5.41, 5.74) is 8.41. The first-order chi connectivity index (χ1) is 9.15. The molecule has 19 heavy (non-hydrogen) atoms. The molecule has 1 aliphatic rings. The summed E-state index contributed by atoms with van der Waals surface area (Å²) in [5.74, 6) is 1.69. The molecule has 0 saturated heterocycles. The maximum absolute atomic E-state index is 12.3. The Morgan fingerprint density at radius 3 is 2.74 bits per heavy atom. The molecule has 0 fully saturated rings. The molecule has 3 N–H and O–H groups in total. The van der Waals surface area contributed by atoms with Gasteiger partial charge >= 0.3 is 0 Å². The van der Waals surface area contributed by atoms with E-state index in [2.05, 4.69) is 5.32 Å². The number of nitrogens with two attached hydrogens (primary N) is 1. The van der Waals surface area contributed by atoms with Gasteiger partial charge in [0.25, 0.3) is 5.91 Å². The molecule has 2 aromatic rings. The highest BCUT2D eigenvalue weighted by molar-refractivity contribution is 7.98. The van der Waals surface area contributed by atoms with E-state index >= 15 is 0 Å². The fourth-order valence-corrected chi connectivity index (χ4v) is 4.59. The molecule has 1 aromatic carbocycles. The Balaban J connectivity index is 1.86. The van der Waals surface area contributed by atoms with Crippen molar-refractivity contribution in [3.63, 3.8) is 0 Å². The molecule has 2 heterocycles. The SMILES string of the molecule is Nc1sc2c(c1C(=O)Nc1ccc(Cl)cc1)CSC2. The van der Waals surface area contributed by atoms with E-state index in [0.717, 1.165) is 22.8 Å². The van der Waals surface area contributed by atoms with Crippen LogP contribution in [0, 0.1) is 0 Å². The highest BCUT2D eigenvalue weighted by Crippen LogP contribution is 2.41. The fourth-order valence-electron chi connectivity index (χ4n) is 2.02. The van der Waals surface area contributed by atoms with Gasteiger partial charge in [0.1, 0.15) is 0 Å². The lowest BCUT2D eigenvalue weighted by Crippen LogP contribution is -2.14. The summed E-state index contributed by atoms with van der Waals surface area (Å²) in [6, 6.07) is 7.04. The molecule has 0 spiro atoms. The Bertz CT molecular complexity index is 637. The number of anilines is 2. The molecule has 3 rings (SSSR count). The first-order valence-electron chi connectivity index (χ1n) is 5.70. The summed E-state index contributed by atoms with van der Waals surface area (Å²) in [6.45, 7) is 0. The number of nitrogens with one attached hydrogen (secondary N) is 1. The molecular weight excluding hydrogens is 300 g/mol. The summed E-state index contributed by atoms with van der Waals surface area (Å²) in [7, 11) is 0. The summed E-state index contributed by atoms with van der Waals surface area (Å²) in [6.07, 6.45) is 0. The maximum atomic E-state index is 12.3. The highest BCUT2D eigenvalue weighted by Gasteiger charge is 2.25. The van der Waals surface area contributed by atoms with Crippen molar-refractivity contribution in [2.45, 2.75) is 11.5 Å². The summed E-state index contributed by atoms with van der Waals surface area (Å²) in [4.78, 5) is 13.5. The van der Waals surface area contributed by atoms with E-state index in [1.54, 1.807) is 24.3 Å². The van der Waals surface area contributed by atoms with Crippen LogP contribution in [0.2, 0.25) is 5.02 Å². The van der Waals surface area contributed by atoms with Gasteiger partial charge in [-0.1, -0.05) is 11.6 Å². The van der Waals surface area contributed by atoms with Crippen molar-refractivity contribution < 1.29 is 4.79 Å². The topological polar surface area (TPSA) is 55.1 Å². The number of hydrogen-bond acceptors (Lipinski definition) is 4. The van der Waals surface area contributed by atoms with E-state index < -0.39 is 0 Å². The lowest BCUT2D eigenvalue weighted by atomic mass is 10.1. The monoisotopic (exact) mass is 310 g/mol. The van der Waals surface area contributed by atoms with Crippen molar-refractivity contribution >= 4 is 51.3 Å². The minimum atomic E-state index is -0.139. The molecule has 1 amide bonds. The average molecular weight is 311 g/mol. The van der Waals surface area contributed by atoms with Gasteiger partial charge in [-0.3, -0.25) is 4.79 Å². The van der Waals surface area contributed by atoms with Crippen molar-refractivity contribution in [2.75, 3.05) is 11.1 Å². The van der Waals surface area contributed by atoms with Crippen LogP contribution in [0.25, 0.3) is 0 Å². The Kier molecular flexibility index (Phi) is 3.43. The molecule has 98 valence electrons. The van der Waals surface area contributed by atoms with Crippen molar-refractivity contribution in [3.8, 4) is 0 Å². The molecule has 0 bridgehead atoms. The standard InChI is InChI=1S/C13H11ClN2OS2/c14-7-1-3-8(4-2-7)16-13(17)11-9-5-18-6-10(9)19-12(11)15/h1-4H,5-6,15H2,(H,16,17). The fraction of sp³-hybridized carbons (Fsp3) is 0.154. The molecule has 1 aromatic heterocycles. The minimum absolute atomic E-state index is 0.139. The van der Waals surface area contributed by atoms with Crippen LogP contribution in [0.1, 0.15) is 20.8 Å². The van der Waals surface area contributed by atoms with Crippen LogP contribution < -0.4 is 11.1 Å². The number of fused-ring (bicyclic) bond motifs is 1. The van der Waals surface area contributed by atoms with E-state index in [0.29, 0.717) is 15.6 Å². The third-order valence-electron chi connectivity index (χ3n) is 2.93. The van der Waals surface area contributed by atoms with Crippen molar-refractivity contribution in [3.05, 3.63) is 45.3 Å². The number of benzene rings is 1. The van der Waals surface area contributed by atoms with Gasteiger partial charge in [-0.2, -0.15) is 11.8 Å². The first kappa shape index (κ1) is 12.8. The van der Waals surface area contributed by atoms with E-state index in [4.69, 9.17) is 17.3 Å². The quantitative estimate of drug-likeness (QED) is 0.882. The highest BCUT2D eigenvalue weighted by atomic mass is 35.5. The Morgan fingerprint density at radius 1 is 1.26 bits per heavy atom. The van der Waals surface area contributed by atoms with Crippen LogP contribution in [-0.4, -0.2) is 5.91 Å². The van der Waals surface area contributed by atoms with Crippen LogP contribution in [0.3, 0.4) is 0 Å². The third kappa shape index (κ3) is 2.45. The van der Waals surface area contributed by atoms with E-state index in [9.17, 15) is 4.79 Å². The second kappa shape index (κ2) is 5.07. The summed E-state index contributed by atoms with van der Waals surface area (Å²) in [5, 5.41) is 4.11. The molecular formula is C13H11ClN2OS2. The number of amides is 1. The van der Waals surface area contributed by atoms with Crippen LogP contribution in [0.15, 0.2) is 24.3 Å². The Labute approximate surface area is 124 Å². The minimum Gasteiger partial charge on any atom is -0.390 e. The average Bonchev–Trinajstić information content (AvgIpc) is 2.91. The smallest absolute Gasteiger partial charge is 0.258 e. The number of thiophene rings is 1. The zero-order valence-corrected chi connectivity index (χ0v) is 12.3. The van der Waals surface area contributed by atoms with Gasteiger partial charge < -0.3 is 11.1 Å². The van der Waals surface area contributed by atoms with Gasteiger partial charge in [-0.15, -0.1) is 11.3 Å². The first-order valence-corrected chi connectivity index (χ1v) is 8.05.